The van der Waals surface area contributed by atoms with Crippen molar-refractivity contribution in [2.45, 2.75) is 31.2 Å². The van der Waals surface area contributed by atoms with E-state index < -0.39 is 6.10 Å². The summed E-state index contributed by atoms with van der Waals surface area (Å²) < 4.78 is 10.9. The summed E-state index contributed by atoms with van der Waals surface area (Å²) in [5.41, 5.74) is 2.02. The minimum Gasteiger partial charge on any atom is -0.481 e. The molecule has 1 amide bonds. The lowest BCUT2D eigenvalue weighted by Gasteiger charge is -2.15. The van der Waals surface area contributed by atoms with E-state index in [0.717, 1.165) is 11.1 Å². The molecule has 1 aromatic carbocycles. The summed E-state index contributed by atoms with van der Waals surface area (Å²) in [7, 11) is 1.33. The van der Waals surface area contributed by atoms with Crippen molar-refractivity contribution in [1.29, 1.82) is 0 Å². The predicted molar refractivity (Wildman–Crippen MR) is 97.3 cm³/mol. The number of carbonyl (C=O) groups is 2. The molecular formula is C16H19N3O4S2. The average Bonchev–Trinajstić information content (AvgIpc) is 3.03. The van der Waals surface area contributed by atoms with Crippen LogP contribution in [0.25, 0.3) is 0 Å². The standard InChI is InChI=1S/C16H19N3O4S2/c1-9-5-6-10(2)12(7-9)23-11(3)14(21)17-15-18-19-16(25-15)24-8-13(20)22-4/h5-7,11H,8H2,1-4H3,(H,17,18,21)/t11-/m1/s1. The minimum absolute atomic E-state index is 0.144. The molecule has 0 fully saturated rings. The number of benzene rings is 1. The van der Waals surface area contributed by atoms with Gasteiger partial charge in [-0.05, 0) is 38.0 Å². The van der Waals surface area contributed by atoms with Crippen molar-refractivity contribution in [3.05, 3.63) is 29.3 Å². The zero-order chi connectivity index (χ0) is 18.4. The zero-order valence-corrected chi connectivity index (χ0v) is 16.0. The Labute approximate surface area is 154 Å². The molecule has 0 saturated carbocycles. The van der Waals surface area contributed by atoms with E-state index in [4.69, 9.17) is 4.74 Å². The average molecular weight is 381 g/mol. The molecule has 0 unspecified atom stereocenters. The van der Waals surface area contributed by atoms with Crippen LogP contribution in [0.3, 0.4) is 0 Å². The van der Waals surface area contributed by atoms with Crippen LogP contribution in [0.2, 0.25) is 0 Å². The minimum atomic E-state index is -0.685. The summed E-state index contributed by atoms with van der Waals surface area (Å²) in [5, 5.41) is 10.8. The van der Waals surface area contributed by atoms with E-state index in [-0.39, 0.29) is 17.6 Å². The number of carbonyl (C=O) groups excluding carboxylic acids is 2. The van der Waals surface area contributed by atoms with Crippen LogP contribution in [0.4, 0.5) is 5.13 Å². The van der Waals surface area contributed by atoms with Gasteiger partial charge in [0.2, 0.25) is 5.13 Å². The van der Waals surface area contributed by atoms with Gasteiger partial charge in [0, 0.05) is 0 Å². The summed E-state index contributed by atoms with van der Waals surface area (Å²) >= 11 is 2.39. The highest BCUT2D eigenvalue weighted by molar-refractivity contribution is 8.01. The van der Waals surface area contributed by atoms with Crippen LogP contribution in [0.1, 0.15) is 18.1 Å². The number of hydrogen-bond donors (Lipinski definition) is 1. The Morgan fingerprint density at radius 3 is 2.80 bits per heavy atom. The van der Waals surface area contributed by atoms with Gasteiger partial charge in [-0.1, -0.05) is 35.2 Å². The van der Waals surface area contributed by atoms with Crippen LogP contribution < -0.4 is 10.1 Å². The second kappa shape index (κ2) is 8.82. The number of rotatable bonds is 7. The maximum atomic E-state index is 12.3. The van der Waals surface area contributed by atoms with Gasteiger partial charge in [0.05, 0.1) is 12.9 Å². The molecule has 9 heteroatoms. The molecular weight excluding hydrogens is 362 g/mol. The van der Waals surface area contributed by atoms with Crippen LogP contribution in [-0.2, 0) is 14.3 Å². The predicted octanol–water partition coefficient (Wildman–Crippen LogP) is 2.83. The summed E-state index contributed by atoms with van der Waals surface area (Å²) in [4.78, 5) is 23.4. The van der Waals surface area contributed by atoms with Gasteiger partial charge in [-0.3, -0.25) is 14.9 Å². The lowest BCUT2D eigenvalue weighted by atomic mass is 10.1. The molecule has 25 heavy (non-hydrogen) atoms. The summed E-state index contributed by atoms with van der Waals surface area (Å²) in [6.07, 6.45) is -0.685. The number of nitrogens with zero attached hydrogens (tertiary/aromatic N) is 2. The third-order valence-electron chi connectivity index (χ3n) is 3.19. The van der Waals surface area contributed by atoms with Crippen molar-refractivity contribution in [3.8, 4) is 5.75 Å². The Bertz CT molecular complexity index is 764. The molecule has 0 spiro atoms. The number of nitrogens with one attached hydrogen (secondary N) is 1. The van der Waals surface area contributed by atoms with Crippen LogP contribution in [-0.4, -0.2) is 41.0 Å². The Balaban J connectivity index is 1.91. The van der Waals surface area contributed by atoms with Gasteiger partial charge in [0.1, 0.15) is 5.75 Å². The highest BCUT2D eigenvalue weighted by atomic mass is 32.2. The second-order valence-corrected chi connectivity index (χ2v) is 7.46. The molecule has 134 valence electrons. The first-order valence-corrected chi connectivity index (χ1v) is 9.27. The number of ether oxygens (including phenoxy) is 2. The van der Waals surface area contributed by atoms with Gasteiger partial charge in [-0.15, -0.1) is 10.2 Å². The quantitative estimate of drug-likeness (QED) is 0.448. The third-order valence-corrected chi connectivity index (χ3v) is 5.14. The Morgan fingerprint density at radius 1 is 1.32 bits per heavy atom. The van der Waals surface area contributed by atoms with Crippen molar-refractivity contribution in [1.82, 2.24) is 10.2 Å². The van der Waals surface area contributed by atoms with Crippen molar-refractivity contribution in [2.24, 2.45) is 0 Å². The lowest BCUT2D eigenvalue weighted by molar-refractivity contribution is -0.137. The largest absolute Gasteiger partial charge is 0.481 e. The number of hydrogen-bond acceptors (Lipinski definition) is 8. The molecule has 1 atom stereocenters. The number of methoxy groups -OCH3 is 1. The molecule has 2 aromatic rings. The molecule has 0 aliphatic heterocycles. The fraction of sp³-hybridized carbons (Fsp3) is 0.375. The number of aromatic nitrogens is 2. The second-order valence-electron chi connectivity index (χ2n) is 5.26. The van der Waals surface area contributed by atoms with Gasteiger partial charge < -0.3 is 9.47 Å². The lowest BCUT2D eigenvalue weighted by Crippen LogP contribution is -2.30. The van der Waals surface area contributed by atoms with Crippen LogP contribution in [0, 0.1) is 13.8 Å². The van der Waals surface area contributed by atoms with Crippen molar-refractivity contribution in [2.75, 3.05) is 18.2 Å². The number of amides is 1. The van der Waals surface area contributed by atoms with Gasteiger partial charge >= 0.3 is 5.97 Å². The molecule has 0 saturated heterocycles. The number of thioether (sulfide) groups is 1. The fourth-order valence-electron chi connectivity index (χ4n) is 1.78. The SMILES string of the molecule is COC(=O)CSc1nnc(NC(=O)[C@@H](C)Oc2cc(C)ccc2C)s1. The molecule has 7 nitrogen and oxygen atoms in total. The Kier molecular flexibility index (Phi) is 6.77. The van der Waals surface area contributed by atoms with E-state index in [0.29, 0.717) is 15.2 Å². The first-order valence-electron chi connectivity index (χ1n) is 7.47. The van der Waals surface area contributed by atoms with Gasteiger partial charge in [-0.2, -0.15) is 0 Å². The fourth-order valence-corrected chi connectivity index (χ4v) is 3.37. The van der Waals surface area contributed by atoms with Gasteiger partial charge in [0.25, 0.3) is 5.91 Å². The van der Waals surface area contributed by atoms with E-state index in [1.54, 1.807) is 6.92 Å². The molecule has 1 aromatic heterocycles. The highest BCUT2D eigenvalue weighted by Gasteiger charge is 2.18. The smallest absolute Gasteiger partial charge is 0.316 e. The molecule has 1 heterocycles. The Morgan fingerprint density at radius 2 is 2.08 bits per heavy atom. The van der Waals surface area contributed by atoms with Crippen LogP contribution in [0.15, 0.2) is 22.5 Å². The molecule has 1 N–H and O–H groups in total. The zero-order valence-electron chi connectivity index (χ0n) is 14.4. The maximum Gasteiger partial charge on any atom is 0.316 e. The summed E-state index contributed by atoms with van der Waals surface area (Å²) in [5.74, 6) is 0.155. The number of anilines is 1. The van der Waals surface area contributed by atoms with E-state index in [9.17, 15) is 9.59 Å². The van der Waals surface area contributed by atoms with Crippen molar-refractivity contribution in [3.63, 3.8) is 0 Å². The molecule has 0 aliphatic rings. The highest BCUT2D eigenvalue weighted by Crippen LogP contribution is 2.26. The van der Waals surface area contributed by atoms with E-state index in [2.05, 4.69) is 20.3 Å². The summed E-state index contributed by atoms with van der Waals surface area (Å²) in [6.45, 7) is 5.56. The topological polar surface area (TPSA) is 90.4 Å². The molecule has 0 aliphatic carbocycles. The number of aryl methyl sites for hydroxylation is 2. The van der Waals surface area contributed by atoms with Gasteiger partial charge in [0.15, 0.2) is 10.4 Å². The maximum absolute atomic E-state index is 12.3. The Hall–Kier alpha value is -2.13. The summed E-state index contributed by atoms with van der Waals surface area (Å²) in [6, 6.07) is 5.83. The van der Waals surface area contributed by atoms with Gasteiger partial charge in [-0.25, -0.2) is 0 Å². The molecule has 2 rings (SSSR count). The van der Waals surface area contributed by atoms with Crippen molar-refractivity contribution < 1.29 is 19.1 Å². The third kappa shape index (κ3) is 5.71. The van der Waals surface area contributed by atoms with Crippen molar-refractivity contribution >= 4 is 40.1 Å². The first-order chi connectivity index (χ1) is 11.9. The first kappa shape index (κ1) is 19.2. The van der Waals surface area contributed by atoms with E-state index >= 15 is 0 Å². The normalized spacial score (nSPS) is 11.7. The van der Waals surface area contributed by atoms with E-state index in [1.165, 1.54) is 30.2 Å². The van der Waals surface area contributed by atoms with E-state index in [1.807, 2.05) is 32.0 Å². The van der Waals surface area contributed by atoms with Crippen LogP contribution >= 0.6 is 23.1 Å². The molecule has 0 radical (unpaired) electrons. The van der Waals surface area contributed by atoms with Crippen LogP contribution in [0.5, 0.6) is 5.75 Å². The molecule has 0 bridgehead atoms. The monoisotopic (exact) mass is 381 g/mol. The number of esters is 1.